The molecule has 3 atom stereocenters. The van der Waals surface area contributed by atoms with Gasteiger partial charge in [0.05, 0.1) is 90.8 Å². The van der Waals surface area contributed by atoms with Gasteiger partial charge in [0.25, 0.3) is 0 Å². The number of hydrogen-bond acceptors (Lipinski definition) is 16. The van der Waals surface area contributed by atoms with E-state index >= 15 is 0 Å². The van der Waals surface area contributed by atoms with Crippen LogP contribution in [-0.4, -0.2) is 138 Å². The van der Waals surface area contributed by atoms with Gasteiger partial charge in [0.1, 0.15) is 34.7 Å². The number of benzene rings is 6. The highest BCUT2D eigenvalue weighted by atomic mass is 127. The number of nitrogens with two attached hydrogens (primary N) is 1. The van der Waals surface area contributed by atoms with Crippen molar-refractivity contribution < 1.29 is 108 Å². The summed E-state index contributed by atoms with van der Waals surface area (Å²) in [5.74, 6) is -9.41. The van der Waals surface area contributed by atoms with Crippen LogP contribution in [0.15, 0.2) is 72.8 Å². The van der Waals surface area contributed by atoms with Crippen molar-refractivity contribution in [3.05, 3.63) is 169 Å². The summed E-state index contributed by atoms with van der Waals surface area (Å²) in [5.41, 5.74) is 4.65. The first-order valence-electron chi connectivity index (χ1n) is 30.9. The highest BCUT2D eigenvalue weighted by Gasteiger charge is 2.58. The van der Waals surface area contributed by atoms with Gasteiger partial charge < -0.3 is 49.1 Å². The topological polar surface area (TPSA) is 258 Å². The molecular formula is C67H80ClF9I3N3O15S3. The number of aliphatic hydroxyl groups is 2. The Morgan fingerprint density at radius 2 is 0.802 bits per heavy atom. The third kappa shape index (κ3) is 22.8. The standard InChI is InChI=1S/C22H25F3INO5S.C20H21F3INO5S.C14H11F3INO.C8H15ClO4S.C3H8/c1-30-12-15(31-2)11-22(6-7-22)33(28,29)27-21-16(20(25)18(24)10-19(21)32-3)8-13-4-5-14(26)9-17(13)23;1-30-17-8-16(22)18(23)14(6-11-2-3-12(24)7-15(11)21)19(17)25-31(28,29)20(4-5-20)9-13(27)10-26;1-20-12-6-11(16)13(17)9(14(12)19)4-7-2-3-8(18)5-10(7)15;1-12-6-7(13-2)5-8(3-4-8)14(9,10)11;1-3-2/h4-5,9-10,15,27H,6-8,11-12H2,1-3H3;2-3,7-8,13,25-27H,4-6,9-10H2,1H3;2-3,5-6H,4,19H2,1H3;7H,3-6H2,1-2H3;3H2,1-2H3/t15-;13-;;7-;/m11.1./s1. The van der Waals surface area contributed by atoms with E-state index in [9.17, 15) is 69.9 Å². The number of methoxy groups -OCH3 is 7. The minimum Gasteiger partial charge on any atom is -0.494 e. The predicted molar refractivity (Wildman–Crippen MR) is 393 cm³/mol. The lowest BCUT2D eigenvalue weighted by Crippen LogP contribution is -2.35. The van der Waals surface area contributed by atoms with Crippen molar-refractivity contribution in [1.29, 1.82) is 0 Å². The van der Waals surface area contributed by atoms with Gasteiger partial charge in [-0.25, -0.2) is 64.8 Å². The Kier molecular flexibility index (Phi) is 33.0. The summed E-state index contributed by atoms with van der Waals surface area (Å²) in [7, 11) is 3.37. The number of nitrogens with one attached hydrogen (secondary N) is 2. The molecule has 0 saturated heterocycles. The summed E-state index contributed by atoms with van der Waals surface area (Å²) in [5, 5.41) is 18.8. The minimum absolute atomic E-state index is 0.0237. The lowest BCUT2D eigenvalue weighted by Gasteiger charge is -2.24. The predicted octanol–water partition coefficient (Wildman–Crippen LogP) is 14.4. The molecule has 6 aromatic rings. The lowest BCUT2D eigenvalue weighted by molar-refractivity contribution is 0.0218. The van der Waals surface area contributed by atoms with Crippen molar-refractivity contribution in [3.63, 3.8) is 0 Å². The molecule has 3 aliphatic carbocycles. The number of ether oxygens (including phenoxy) is 7. The van der Waals surface area contributed by atoms with E-state index in [1.165, 1.54) is 78.4 Å². The molecule has 0 aliphatic heterocycles. The van der Waals surface area contributed by atoms with Crippen LogP contribution in [0.1, 0.15) is 111 Å². The third-order valence-corrected chi connectivity index (χ3v) is 25.6. The number of aliphatic hydroxyl groups excluding tert-OH is 2. The summed E-state index contributed by atoms with van der Waals surface area (Å²) in [4.78, 5) is 0. The Morgan fingerprint density at radius 1 is 0.495 bits per heavy atom. The first-order valence-corrected chi connectivity index (χ1v) is 39.4. The number of sulfonamides is 2. The van der Waals surface area contributed by atoms with E-state index in [1.807, 2.05) is 67.8 Å². The molecule has 0 amide bonds. The fourth-order valence-corrected chi connectivity index (χ4v) is 17.0. The van der Waals surface area contributed by atoms with E-state index in [0.717, 1.165) is 12.1 Å². The summed E-state index contributed by atoms with van der Waals surface area (Å²) < 4.78 is 242. The molecule has 0 heterocycles. The fraction of sp³-hybridized carbons (Fsp3) is 0.463. The highest BCUT2D eigenvalue weighted by molar-refractivity contribution is 14.1. The Morgan fingerprint density at radius 3 is 1.09 bits per heavy atom. The van der Waals surface area contributed by atoms with E-state index in [4.69, 9.17) is 54.7 Å². The molecule has 3 aliphatic rings. The molecule has 0 unspecified atom stereocenters. The summed E-state index contributed by atoms with van der Waals surface area (Å²) in [6, 6.07) is 15.4. The number of nitrogen functional groups attached to an aromatic ring is 1. The second-order valence-electron chi connectivity index (χ2n) is 23.9. The molecule has 6 aromatic carbocycles. The monoisotopic (exact) mass is 1850 g/mol. The van der Waals surface area contributed by atoms with Crippen molar-refractivity contribution in [2.24, 2.45) is 0 Å². The molecule has 3 saturated carbocycles. The van der Waals surface area contributed by atoms with E-state index in [-0.39, 0.29) is 113 Å². The quantitative estimate of drug-likeness (QED) is 0.0127. The van der Waals surface area contributed by atoms with Gasteiger partial charge in [0.15, 0.2) is 34.9 Å². The van der Waals surface area contributed by atoms with E-state index < -0.39 is 126 Å². The molecule has 101 heavy (non-hydrogen) atoms. The van der Waals surface area contributed by atoms with Crippen molar-refractivity contribution in [1.82, 2.24) is 0 Å². The van der Waals surface area contributed by atoms with Crippen LogP contribution in [0.4, 0.5) is 56.6 Å². The average Bonchev–Trinajstić information content (AvgIpc) is 1.62. The third-order valence-electron chi connectivity index (χ3n) is 16.6. The van der Waals surface area contributed by atoms with Gasteiger partial charge in [0, 0.05) is 104 Å². The number of halogens is 13. The van der Waals surface area contributed by atoms with Crippen LogP contribution in [-0.2, 0) is 67.3 Å². The minimum atomic E-state index is -4.19. The normalized spacial score (nSPS) is 15.4. The van der Waals surface area contributed by atoms with E-state index in [1.54, 1.807) is 32.4 Å². The number of hydrogen-bond donors (Lipinski definition) is 5. The molecule has 0 radical (unpaired) electrons. The van der Waals surface area contributed by atoms with Crippen LogP contribution in [0.5, 0.6) is 17.2 Å². The summed E-state index contributed by atoms with van der Waals surface area (Å²) >= 11 is 5.80. The molecule has 0 bridgehead atoms. The van der Waals surface area contributed by atoms with Gasteiger partial charge in [-0.2, -0.15) is 0 Å². The number of anilines is 3. The van der Waals surface area contributed by atoms with Gasteiger partial charge >= 0.3 is 0 Å². The van der Waals surface area contributed by atoms with Crippen LogP contribution < -0.4 is 29.4 Å². The zero-order valence-corrected chi connectivity index (χ0v) is 66.1. The van der Waals surface area contributed by atoms with Crippen LogP contribution in [0.3, 0.4) is 0 Å². The van der Waals surface area contributed by atoms with Crippen molar-refractivity contribution in [3.8, 4) is 17.2 Å². The van der Waals surface area contributed by atoms with Crippen molar-refractivity contribution >= 4 is 125 Å². The van der Waals surface area contributed by atoms with Crippen LogP contribution in [0.2, 0.25) is 0 Å². The van der Waals surface area contributed by atoms with Gasteiger partial charge in [-0.1, -0.05) is 38.5 Å². The van der Waals surface area contributed by atoms with E-state index in [2.05, 4.69) is 23.3 Å². The fourth-order valence-electron chi connectivity index (χ4n) is 10.5. The van der Waals surface area contributed by atoms with Crippen molar-refractivity contribution in [2.75, 3.05) is 84.8 Å². The Bertz CT molecular complexity index is 4190. The van der Waals surface area contributed by atoms with Crippen LogP contribution in [0, 0.1) is 63.1 Å². The maximum Gasteiger partial charge on any atom is 0.238 e. The Balaban J connectivity index is 0.000000250. The summed E-state index contributed by atoms with van der Waals surface area (Å²) in [6.07, 6.45) is 1.24. The second kappa shape index (κ2) is 38.2. The zero-order chi connectivity index (χ0) is 75.8. The molecule has 3 fully saturated rings. The maximum absolute atomic E-state index is 14.9. The van der Waals surface area contributed by atoms with Gasteiger partial charge in [-0.05, 0) is 179 Å². The molecule has 6 N–H and O–H groups in total. The van der Waals surface area contributed by atoms with Crippen LogP contribution in [0.25, 0.3) is 0 Å². The van der Waals surface area contributed by atoms with Crippen LogP contribution >= 0.6 is 78.5 Å². The molecule has 562 valence electrons. The molecule has 18 nitrogen and oxygen atoms in total. The Labute approximate surface area is 628 Å². The van der Waals surface area contributed by atoms with Crippen molar-refractivity contribution in [2.45, 2.75) is 130 Å². The smallest absolute Gasteiger partial charge is 0.238 e. The molecule has 0 aromatic heterocycles. The molecular weight excluding hydrogens is 1770 g/mol. The zero-order valence-electron chi connectivity index (χ0n) is 56.4. The number of rotatable bonds is 29. The molecule has 0 spiro atoms. The van der Waals surface area contributed by atoms with Gasteiger partial charge in [0.2, 0.25) is 29.1 Å². The maximum atomic E-state index is 14.9. The Hall–Kier alpha value is -4.42. The van der Waals surface area contributed by atoms with Gasteiger partial charge in [-0.15, -0.1) is 0 Å². The van der Waals surface area contributed by atoms with E-state index in [0.29, 0.717) is 55.5 Å². The molecule has 9 rings (SSSR count). The molecule has 34 heteroatoms. The largest absolute Gasteiger partial charge is 0.494 e. The average molecular weight is 1850 g/mol. The first kappa shape index (κ1) is 87.2. The SMILES string of the molecule is CCC.COC[C@@H](CC1(S(=O)(=O)Cl)CC1)OC.COC[C@@H](CC1(S(=O)(=O)Nc2c(OC)cc(F)c(F)c2Cc2ccc(I)cc2F)CC1)OC.COc1cc(F)c(F)c(Cc2ccc(I)cc2F)c1N.COc1cc(F)c(F)c(Cc2ccc(I)cc2F)c1NS(=O)(=O)C1(C[C@@H](O)CO)CC1. The first-order chi connectivity index (χ1) is 47.4. The second-order valence-corrected chi connectivity index (χ2v) is 34.8. The van der Waals surface area contributed by atoms with Gasteiger partial charge in [-0.3, -0.25) is 9.44 Å². The lowest BCUT2D eigenvalue weighted by atomic mass is 10.0. The summed E-state index contributed by atoms with van der Waals surface area (Å²) in [6.45, 7) is 4.24. The highest BCUT2D eigenvalue weighted by Crippen LogP contribution is 2.52.